The highest BCUT2D eigenvalue weighted by atomic mass is 32.2. The van der Waals surface area contributed by atoms with Crippen molar-refractivity contribution in [1.82, 2.24) is 4.90 Å². The SMILES string of the molecule is O=C(OCC(=O)N(Cc1ccccc1)[C@@H]1CCS(=O)(=O)C1)c1ccccc1Cc1ccccc1. The van der Waals surface area contributed by atoms with Gasteiger partial charge in [0, 0.05) is 12.6 Å². The molecule has 176 valence electrons. The summed E-state index contributed by atoms with van der Waals surface area (Å²) in [6, 6.07) is 25.9. The highest BCUT2D eigenvalue weighted by Gasteiger charge is 2.35. The maximum atomic E-state index is 13.1. The van der Waals surface area contributed by atoms with Crippen LogP contribution in [0.5, 0.6) is 0 Å². The minimum Gasteiger partial charge on any atom is -0.452 e. The first-order chi connectivity index (χ1) is 16.4. The van der Waals surface area contributed by atoms with E-state index in [9.17, 15) is 18.0 Å². The van der Waals surface area contributed by atoms with Gasteiger partial charge in [-0.3, -0.25) is 4.79 Å². The van der Waals surface area contributed by atoms with Gasteiger partial charge in [-0.15, -0.1) is 0 Å². The molecule has 34 heavy (non-hydrogen) atoms. The summed E-state index contributed by atoms with van der Waals surface area (Å²) in [6.07, 6.45) is 0.953. The predicted octanol–water partition coefficient (Wildman–Crippen LogP) is 3.65. The fraction of sp³-hybridized carbons (Fsp3) is 0.259. The van der Waals surface area contributed by atoms with Gasteiger partial charge in [0.15, 0.2) is 16.4 Å². The van der Waals surface area contributed by atoms with Gasteiger partial charge in [0.1, 0.15) is 0 Å². The third kappa shape index (κ3) is 6.11. The van der Waals surface area contributed by atoms with Crippen LogP contribution in [0.25, 0.3) is 0 Å². The van der Waals surface area contributed by atoms with Crippen molar-refractivity contribution in [3.63, 3.8) is 0 Å². The van der Waals surface area contributed by atoms with Crippen molar-refractivity contribution in [2.24, 2.45) is 0 Å². The number of amides is 1. The lowest BCUT2D eigenvalue weighted by Crippen LogP contribution is -2.42. The Morgan fingerprint density at radius 3 is 2.12 bits per heavy atom. The number of sulfone groups is 1. The van der Waals surface area contributed by atoms with Crippen LogP contribution in [0.15, 0.2) is 84.9 Å². The van der Waals surface area contributed by atoms with Crippen LogP contribution in [0.4, 0.5) is 0 Å². The molecule has 1 aliphatic rings. The summed E-state index contributed by atoms with van der Waals surface area (Å²) in [5.41, 5.74) is 3.18. The second kappa shape index (κ2) is 10.7. The number of rotatable bonds is 8. The number of carbonyl (C=O) groups excluding carboxylic acids is 2. The molecule has 0 spiro atoms. The molecule has 1 atom stereocenters. The average Bonchev–Trinajstić information content (AvgIpc) is 3.21. The summed E-state index contributed by atoms with van der Waals surface area (Å²) >= 11 is 0. The molecule has 1 fully saturated rings. The Balaban J connectivity index is 1.46. The standard InChI is InChI=1S/C27H27NO5S/c29-26(28(18-22-11-5-2-6-12-22)24-15-16-34(31,32)20-24)19-33-27(30)25-14-8-7-13-23(25)17-21-9-3-1-4-10-21/h1-14,24H,15-20H2/t24-/m1/s1. The van der Waals surface area contributed by atoms with Crippen LogP contribution in [0.1, 0.15) is 33.5 Å². The fourth-order valence-corrected chi connectivity index (χ4v) is 5.93. The zero-order valence-corrected chi connectivity index (χ0v) is 19.6. The van der Waals surface area contributed by atoms with Crippen molar-refractivity contribution < 1.29 is 22.7 Å². The smallest absolute Gasteiger partial charge is 0.338 e. The van der Waals surface area contributed by atoms with Crippen LogP contribution < -0.4 is 0 Å². The van der Waals surface area contributed by atoms with Crippen LogP contribution in [0, 0.1) is 0 Å². The quantitative estimate of drug-likeness (QED) is 0.463. The number of nitrogens with zero attached hydrogens (tertiary/aromatic N) is 1. The van der Waals surface area contributed by atoms with Gasteiger partial charge in [-0.05, 0) is 35.6 Å². The molecular formula is C27H27NO5S. The van der Waals surface area contributed by atoms with Gasteiger partial charge in [-0.25, -0.2) is 13.2 Å². The van der Waals surface area contributed by atoms with E-state index in [2.05, 4.69) is 0 Å². The Labute approximate surface area is 200 Å². The van der Waals surface area contributed by atoms with E-state index in [0.717, 1.165) is 16.7 Å². The van der Waals surface area contributed by atoms with E-state index in [-0.39, 0.29) is 18.1 Å². The lowest BCUT2D eigenvalue weighted by molar-refractivity contribution is -0.137. The lowest BCUT2D eigenvalue weighted by Gasteiger charge is -2.28. The van der Waals surface area contributed by atoms with Gasteiger partial charge >= 0.3 is 5.97 Å². The second-order valence-corrected chi connectivity index (χ2v) is 10.7. The predicted molar refractivity (Wildman–Crippen MR) is 130 cm³/mol. The first-order valence-electron chi connectivity index (χ1n) is 11.2. The summed E-state index contributed by atoms with van der Waals surface area (Å²) < 4.78 is 29.5. The molecule has 0 aliphatic carbocycles. The Kier molecular flexibility index (Phi) is 7.43. The third-order valence-corrected chi connectivity index (χ3v) is 7.72. The molecule has 0 aromatic heterocycles. The van der Waals surface area contributed by atoms with Crippen molar-refractivity contribution in [1.29, 1.82) is 0 Å². The summed E-state index contributed by atoms with van der Waals surface area (Å²) in [7, 11) is -3.18. The molecular weight excluding hydrogens is 450 g/mol. The molecule has 0 radical (unpaired) electrons. The molecule has 6 nitrogen and oxygen atoms in total. The number of hydrogen-bond donors (Lipinski definition) is 0. The topological polar surface area (TPSA) is 80.8 Å². The number of benzene rings is 3. The van der Waals surface area contributed by atoms with E-state index in [4.69, 9.17) is 4.74 Å². The van der Waals surface area contributed by atoms with E-state index in [1.807, 2.05) is 72.8 Å². The summed E-state index contributed by atoms with van der Waals surface area (Å²) in [5, 5.41) is 0. The van der Waals surface area contributed by atoms with Gasteiger partial charge in [-0.2, -0.15) is 0 Å². The van der Waals surface area contributed by atoms with E-state index >= 15 is 0 Å². The highest BCUT2D eigenvalue weighted by Crippen LogP contribution is 2.21. The molecule has 3 aromatic carbocycles. The lowest BCUT2D eigenvalue weighted by atomic mass is 10.00. The fourth-order valence-electron chi connectivity index (χ4n) is 4.20. The monoisotopic (exact) mass is 477 g/mol. The minimum absolute atomic E-state index is 0.0584. The molecule has 1 aliphatic heterocycles. The maximum Gasteiger partial charge on any atom is 0.338 e. The minimum atomic E-state index is -3.18. The zero-order chi connectivity index (χ0) is 24.0. The molecule has 0 unspecified atom stereocenters. The summed E-state index contributed by atoms with van der Waals surface area (Å²) in [5.74, 6) is -0.985. The maximum absolute atomic E-state index is 13.1. The summed E-state index contributed by atoms with van der Waals surface area (Å²) in [4.78, 5) is 27.5. The van der Waals surface area contributed by atoms with Gasteiger partial charge in [0.05, 0.1) is 17.1 Å². The number of hydrogen-bond acceptors (Lipinski definition) is 5. The Bertz CT molecular complexity index is 1240. The Morgan fingerprint density at radius 1 is 0.853 bits per heavy atom. The van der Waals surface area contributed by atoms with Gasteiger partial charge < -0.3 is 9.64 Å². The highest BCUT2D eigenvalue weighted by molar-refractivity contribution is 7.91. The molecule has 0 N–H and O–H groups in total. The molecule has 7 heteroatoms. The molecule has 0 saturated carbocycles. The van der Waals surface area contributed by atoms with Crippen LogP contribution in [0.2, 0.25) is 0 Å². The van der Waals surface area contributed by atoms with E-state index in [0.29, 0.717) is 18.4 Å². The Hall–Kier alpha value is -3.45. The van der Waals surface area contributed by atoms with Crippen molar-refractivity contribution in [2.75, 3.05) is 18.1 Å². The first-order valence-corrected chi connectivity index (χ1v) is 13.1. The summed E-state index contributed by atoms with van der Waals surface area (Å²) in [6.45, 7) is -0.177. The number of esters is 1. The molecule has 1 amide bonds. The van der Waals surface area contributed by atoms with Gasteiger partial charge in [0.2, 0.25) is 0 Å². The molecule has 3 aromatic rings. The largest absolute Gasteiger partial charge is 0.452 e. The number of ether oxygens (including phenoxy) is 1. The second-order valence-electron chi connectivity index (χ2n) is 8.46. The molecule has 0 bridgehead atoms. The van der Waals surface area contributed by atoms with Crippen molar-refractivity contribution in [3.8, 4) is 0 Å². The van der Waals surface area contributed by atoms with Crippen LogP contribution in [-0.2, 0) is 32.3 Å². The number of carbonyl (C=O) groups is 2. The van der Waals surface area contributed by atoms with Crippen LogP contribution in [0.3, 0.4) is 0 Å². The van der Waals surface area contributed by atoms with Crippen molar-refractivity contribution in [3.05, 3.63) is 107 Å². The first kappa shape index (κ1) is 23.7. The van der Waals surface area contributed by atoms with Gasteiger partial charge in [-0.1, -0.05) is 78.9 Å². The van der Waals surface area contributed by atoms with Crippen LogP contribution >= 0.6 is 0 Å². The van der Waals surface area contributed by atoms with Crippen molar-refractivity contribution >= 4 is 21.7 Å². The normalized spacial score (nSPS) is 16.6. The molecule has 1 heterocycles. The van der Waals surface area contributed by atoms with Crippen LogP contribution in [-0.4, -0.2) is 49.3 Å². The van der Waals surface area contributed by atoms with E-state index < -0.39 is 34.4 Å². The molecule has 1 saturated heterocycles. The third-order valence-electron chi connectivity index (χ3n) is 5.97. The zero-order valence-electron chi connectivity index (χ0n) is 18.8. The molecule has 4 rings (SSSR count). The van der Waals surface area contributed by atoms with E-state index in [1.54, 1.807) is 12.1 Å². The van der Waals surface area contributed by atoms with Crippen molar-refractivity contribution in [2.45, 2.75) is 25.4 Å². The van der Waals surface area contributed by atoms with Gasteiger partial charge in [0.25, 0.3) is 5.91 Å². The van der Waals surface area contributed by atoms with E-state index in [1.165, 1.54) is 4.90 Å². The average molecular weight is 478 g/mol. The Morgan fingerprint density at radius 2 is 1.47 bits per heavy atom.